The molecule has 1 heterocycles. The van der Waals surface area contributed by atoms with Gasteiger partial charge in [-0.2, -0.15) is 0 Å². The molecular weight excluding hydrogens is 308 g/mol. The number of primary sulfonamides is 1. The number of hydrogen-bond donors (Lipinski definition) is 2. The number of nitrogens with two attached hydrogens (primary N) is 1. The summed E-state index contributed by atoms with van der Waals surface area (Å²) in [7, 11) is -3.72. The van der Waals surface area contributed by atoms with E-state index >= 15 is 0 Å². The highest BCUT2D eigenvalue weighted by molar-refractivity contribution is 7.89. The summed E-state index contributed by atoms with van der Waals surface area (Å²) in [5.74, 6) is -0.0654. The third kappa shape index (κ3) is 4.96. The van der Waals surface area contributed by atoms with Crippen LogP contribution < -0.4 is 10.5 Å². The number of rotatable bonds is 6. The van der Waals surface area contributed by atoms with Crippen LogP contribution in [0.1, 0.15) is 16.9 Å². The Labute approximate surface area is 127 Å². The Kier molecular flexibility index (Phi) is 5.11. The van der Waals surface area contributed by atoms with Crippen molar-refractivity contribution in [2.75, 3.05) is 0 Å². The molecule has 5 nitrogen and oxygen atoms in total. The Bertz CT molecular complexity index is 710. The van der Waals surface area contributed by atoms with Gasteiger partial charge in [-0.3, -0.25) is 4.79 Å². The van der Waals surface area contributed by atoms with E-state index in [2.05, 4.69) is 5.32 Å². The minimum atomic E-state index is -3.72. The van der Waals surface area contributed by atoms with Crippen LogP contribution in [-0.2, 0) is 27.8 Å². The molecule has 0 aliphatic rings. The number of nitrogens with one attached hydrogen (secondary N) is 1. The van der Waals surface area contributed by atoms with E-state index in [1.807, 2.05) is 17.5 Å². The molecule has 0 saturated carbocycles. The van der Waals surface area contributed by atoms with Crippen molar-refractivity contribution in [3.05, 3.63) is 52.2 Å². The Hall–Kier alpha value is -1.70. The Morgan fingerprint density at radius 1 is 1.24 bits per heavy atom. The maximum atomic E-state index is 11.7. The molecule has 0 aliphatic carbocycles. The number of thiophene rings is 1. The Balaban J connectivity index is 1.86. The van der Waals surface area contributed by atoms with Crippen molar-refractivity contribution in [3.63, 3.8) is 0 Å². The van der Waals surface area contributed by atoms with Gasteiger partial charge in [0.2, 0.25) is 15.9 Å². The molecule has 1 aromatic heterocycles. The van der Waals surface area contributed by atoms with Gasteiger partial charge in [-0.05, 0) is 35.6 Å². The second kappa shape index (κ2) is 6.84. The molecule has 2 rings (SSSR count). The molecule has 112 valence electrons. The van der Waals surface area contributed by atoms with Crippen molar-refractivity contribution in [2.24, 2.45) is 5.14 Å². The summed E-state index contributed by atoms with van der Waals surface area (Å²) in [6.45, 7) is 0.284. The smallest absolute Gasteiger partial charge is 0.238 e. The molecular formula is C14H16N2O3S2. The Morgan fingerprint density at radius 3 is 2.71 bits per heavy atom. The number of amides is 1. The Morgan fingerprint density at radius 2 is 2.05 bits per heavy atom. The van der Waals surface area contributed by atoms with Crippen LogP contribution in [0.3, 0.4) is 0 Å². The maximum Gasteiger partial charge on any atom is 0.238 e. The zero-order valence-corrected chi connectivity index (χ0v) is 12.9. The molecule has 7 heteroatoms. The van der Waals surface area contributed by atoms with E-state index in [-0.39, 0.29) is 17.3 Å². The first-order valence-electron chi connectivity index (χ1n) is 6.36. The largest absolute Gasteiger partial charge is 0.352 e. The number of sulfonamides is 1. The molecule has 1 amide bonds. The molecule has 0 fully saturated rings. The van der Waals surface area contributed by atoms with Gasteiger partial charge in [0.15, 0.2) is 0 Å². The van der Waals surface area contributed by atoms with E-state index in [0.29, 0.717) is 18.4 Å². The summed E-state index contributed by atoms with van der Waals surface area (Å²) in [6.07, 6.45) is 1.12. The van der Waals surface area contributed by atoms with Gasteiger partial charge in [0.05, 0.1) is 4.90 Å². The van der Waals surface area contributed by atoms with E-state index in [4.69, 9.17) is 5.14 Å². The van der Waals surface area contributed by atoms with E-state index in [9.17, 15) is 13.2 Å². The van der Waals surface area contributed by atoms with Crippen LogP contribution in [0.25, 0.3) is 0 Å². The van der Waals surface area contributed by atoms with Crippen molar-refractivity contribution in [2.45, 2.75) is 24.3 Å². The average molecular weight is 324 g/mol. The summed E-state index contributed by atoms with van der Waals surface area (Å²) in [5.41, 5.74) is 0.700. The van der Waals surface area contributed by atoms with Gasteiger partial charge in [0.25, 0.3) is 0 Å². The first-order valence-corrected chi connectivity index (χ1v) is 8.78. The van der Waals surface area contributed by atoms with Gasteiger partial charge in [-0.15, -0.1) is 11.3 Å². The number of carbonyl (C=O) groups is 1. The monoisotopic (exact) mass is 324 g/mol. The first-order chi connectivity index (χ1) is 9.95. The van der Waals surface area contributed by atoms with Gasteiger partial charge in [-0.1, -0.05) is 18.2 Å². The van der Waals surface area contributed by atoms with E-state index in [1.54, 1.807) is 23.5 Å². The summed E-state index contributed by atoms with van der Waals surface area (Å²) in [6, 6.07) is 10.2. The topological polar surface area (TPSA) is 89.3 Å². The molecule has 0 saturated heterocycles. The van der Waals surface area contributed by atoms with E-state index < -0.39 is 10.0 Å². The van der Waals surface area contributed by atoms with Crippen LogP contribution in [0.2, 0.25) is 0 Å². The fraction of sp³-hybridized carbons (Fsp3) is 0.214. The highest BCUT2D eigenvalue weighted by Crippen LogP contribution is 2.11. The molecule has 1 aromatic carbocycles. The minimum Gasteiger partial charge on any atom is -0.352 e. The number of benzene rings is 1. The standard InChI is InChI=1S/C14H16N2O3S2/c15-21(18,19)13-5-1-3-11(9-13)10-16-14(17)7-6-12-4-2-8-20-12/h1-5,8-9H,6-7,10H2,(H,16,17)(H2,15,18,19). The van der Waals surface area contributed by atoms with Crippen LogP contribution in [0.5, 0.6) is 0 Å². The van der Waals surface area contributed by atoms with Gasteiger partial charge in [0, 0.05) is 17.8 Å². The van der Waals surface area contributed by atoms with Gasteiger partial charge in [-0.25, -0.2) is 13.6 Å². The summed E-state index contributed by atoms with van der Waals surface area (Å²) >= 11 is 1.62. The van der Waals surface area contributed by atoms with Crippen molar-refractivity contribution < 1.29 is 13.2 Å². The highest BCUT2D eigenvalue weighted by Gasteiger charge is 2.08. The lowest BCUT2D eigenvalue weighted by Crippen LogP contribution is -2.23. The van der Waals surface area contributed by atoms with Crippen molar-refractivity contribution in [1.82, 2.24) is 5.32 Å². The summed E-state index contributed by atoms with van der Waals surface area (Å²) < 4.78 is 22.5. The van der Waals surface area contributed by atoms with E-state index in [1.165, 1.54) is 17.0 Å². The quantitative estimate of drug-likeness (QED) is 0.846. The van der Waals surface area contributed by atoms with Crippen LogP contribution in [-0.4, -0.2) is 14.3 Å². The van der Waals surface area contributed by atoms with Gasteiger partial charge >= 0.3 is 0 Å². The zero-order chi connectivity index (χ0) is 15.3. The molecule has 0 aliphatic heterocycles. The molecule has 0 unspecified atom stereocenters. The predicted octanol–water partition coefficient (Wildman–Crippen LogP) is 1.64. The van der Waals surface area contributed by atoms with Crippen LogP contribution >= 0.6 is 11.3 Å². The number of carbonyl (C=O) groups excluding carboxylic acids is 1. The lowest BCUT2D eigenvalue weighted by Gasteiger charge is -2.06. The fourth-order valence-electron chi connectivity index (χ4n) is 1.81. The third-order valence-electron chi connectivity index (χ3n) is 2.90. The number of hydrogen-bond acceptors (Lipinski definition) is 4. The normalized spacial score (nSPS) is 11.3. The predicted molar refractivity (Wildman–Crippen MR) is 82.3 cm³/mol. The molecule has 0 atom stereocenters. The summed E-state index contributed by atoms with van der Waals surface area (Å²) in [5, 5.41) is 9.82. The van der Waals surface area contributed by atoms with Crippen LogP contribution in [0, 0.1) is 0 Å². The van der Waals surface area contributed by atoms with Crippen LogP contribution in [0.4, 0.5) is 0 Å². The molecule has 3 N–H and O–H groups in total. The number of aryl methyl sites for hydroxylation is 1. The van der Waals surface area contributed by atoms with Gasteiger partial charge < -0.3 is 5.32 Å². The molecule has 2 aromatic rings. The van der Waals surface area contributed by atoms with Crippen LogP contribution in [0.15, 0.2) is 46.7 Å². The van der Waals surface area contributed by atoms with Gasteiger partial charge in [0.1, 0.15) is 0 Å². The second-order valence-corrected chi connectivity index (χ2v) is 7.14. The van der Waals surface area contributed by atoms with E-state index in [0.717, 1.165) is 0 Å². The molecule has 0 bridgehead atoms. The van der Waals surface area contributed by atoms with Crippen molar-refractivity contribution in [3.8, 4) is 0 Å². The molecule has 21 heavy (non-hydrogen) atoms. The minimum absolute atomic E-state index is 0.0489. The van der Waals surface area contributed by atoms with Crippen molar-refractivity contribution >= 4 is 27.3 Å². The lowest BCUT2D eigenvalue weighted by atomic mass is 10.2. The molecule has 0 spiro atoms. The zero-order valence-electron chi connectivity index (χ0n) is 11.3. The summed E-state index contributed by atoms with van der Waals surface area (Å²) in [4.78, 5) is 13.0. The maximum absolute atomic E-state index is 11.7. The third-order valence-corrected chi connectivity index (χ3v) is 4.74. The average Bonchev–Trinajstić information content (AvgIpc) is 2.95. The SMILES string of the molecule is NS(=O)(=O)c1cccc(CNC(=O)CCc2cccs2)c1. The fourth-order valence-corrected chi connectivity index (χ4v) is 3.11. The second-order valence-electron chi connectivity index (χ2n) is 4.55. The molecule has 0 radical (unpaired) electrons. The highest BCUT2D eigenvalue weighted by atomic mass is 32.2. The first kappa shape index (κ1) is 15.7. The lowest BCUT2D eigenvalue weighted by molar-refractivity contribution is -0.121. The van der Waals surface area contributed by atoms with Crippen molar-refractivity contribution in [1.29, 1.82) is 0 Å².